The van der Waals surface area contributed by atoms with E-state index >= 15 is 0 Å². The molecule has 1 N–H and O–H groups in total. The van der Waals surface area contributed by atoms with E-state index in [4.69, 9.17) is 0 Å². The fourth-order valence-corrected chi connectivity index (χ4v) is 3.01. The van der Waals surface area contributed by atoms with E-state index in [1.54, 1.807) is 6.92 Å². The molecule has 0 aliphatic rings. The van der Waals surface area contributed by atoms with Crippen molar-refractivity contribution in [2.45, 2.75) is 30.4 Å². The highest BCUT2D eigenvalue weighted by atomic mass is 32.2. The van der Waals surface area contributed by atoms with Crippen molar-refractivity contribution in [3.8, 4) is 5.75 Å². The van der Waals surface area contributed by atoms with Gasteiger partial charge in [-0.1, -0.05) is 11.8 Å². The van der Waals surface area contributed by atoms with Crippen LogP contribution in [0.4, 0.5) is 8.78 Å². The van der Waals surface area contributed by atoms with Gasteiger partial charge in [-0.05, 0) is 31.2 Å². The molecule has 0 aliphatic heterocycles. The average Bonchev–Trinajstić information content (AvgIpc) is 2.60. The quantitative estimate of drug-likeness (QED) is 0.316. The number of nitrogens with one attached hydrogen (secondary N) is 1. The number of rotatable bonds is 8. The standard InChI is InChI=1S/C17H16F2N2O5S/c1-9(15(24)10-3-5-12(6-4-10)26-16(18)19)27-17-20-11(7-13(22)21-17)8-14(23)25-2/h3-7,9,16H,8H2,1-2H3,(H,20,21,22)/t9-/m1/s1. The van der Waals surface area contributed by atoms with Crippen LogP contribution in [0.25, 0.3) is 0 Å². The lowest BCUT2D eigenvalue weighted by Gasteiger charge is -2.11. The van der Waals surface area contributed by atoms with Gasteiger partial charge in [0.15, 0.2) is 10.9 Å². The van der Waals surface area contributed by atoms with Crippen molar-refractivity contribution >= 4 is 23.5 Å². The largest absolute Gasteiger partial charge is 0.469 e. The number of hydrogen-bond acceptors (Lipinski definition) is 7. The minimum absolute atomic E-state index is 0.0524. The molecule has 0 unspecified atom stereocenters. The summed E-state index contributed by atoms with van der Waals surface area (Å²) in [6, 6.07) is 6.47. The molecule has 0 saturated carbocycles. The highest BCUT2D eigenvalue weighted by Gasteiger charge is 2.19. The van der Waals surface area contributed by atoms with E-state index in [0.717, 1.165) is 11.8 Å². The highest BCUT2D eigenvalue weighted by molar-refractivity contribution is 8.00. The number of ether oxygens (including phenoxy) is 2. The molecule has 0 saturated heterocycles. The zero-order valence-electron chi connectivity index (χ0n) is 14.4. The molecule has 10 heteroatoms. The number of aromatic amines is 1. The lowest BCUT2D eigenvalue weighted by molar-refractivity contribution is -0.139. The number of aromatic nitrogens is 2. The molecule has 0 fully saturated rings. The summed E-state index contributed by atoms with van der Waals surface area (Å²) in [4.78, 5) is 42.1. The van der Waals surface area contributed by atoms with Crippen molar-refractivity contribution < 1.29 is 27.8 Å². The van der Waals surface area contributed by atoms with E-state index in [2.05, 4.69) is 19.4 Å². The lowest BCUT2D eigenvalue weighted by atomic mass is 10.1. The molecule has 144 valence electrons. The number of halogens is 2. The van der Waals surface area contributed by atoms with Gasteiger partial charge in [0.1, 0.15) is 5.75 Å². The average molecular weight is 398 g/mol. The Morgan fingerprint density at radius 2 is 1.93 bits per heavy atom. The molecule has 0 radical (unpaired) electrons. The molecule has 1 atom stereocenters. The number of carbonyl (C=O) groups is 2. The normalized spacial score (nSPS) is 11.9. The third kappa shape index (κ3) is 6.17. The van der Waals surface area contributed by atoms with E-state index in [1.807, 2.05) is 0 Å². The van der Waals surface area contributed by atoms with Gasteiger partial charge in [-0.3, -0.25) is 14.4 Å². The van der Waals surface area contributed by atoms with Crippen LogP contribution < -0.4 is 10.3 Å². The third-order valence-corrected chi connectivity index (χ3v) is 4.33. The number of esters is 1. The first kappa shape index (κ1) is 20.6. The van der Waals surface area contributed by atoms with E-state index in [0.29, 0.717) is 5.56 Å². The smallest absolute Gasteiger partial charge is 0.387 e. The zero-order valence-corrected chi connectivity index (χ0v) is 15.2. The number of hydrogen-bond donors (Lipinski definition) is 1. The second kappa shape index (κ2) is 9.26. The molecule has 0 spiro atoms. The summed E-state index contributed by atoms with van der Waals surface area (Å²) in [5.41, 5.74) is 0.0606. The molecule has 1 aromatic heterocycles. The molecule has 0 aliphatic carbocycles. The Morgan fingerprint density at radius 1 is 1.26 bits per heavy atom. The second-order valence-corrected chi connectivity index (χ2v) is 6.65. The fraction of sp³-hybridized carbons (Fsp3) is 0.294. The number of thioether (sulfide) groups is 1. The maximum absolute atomic E-state index is 12.5. The topological polar surface area (TPSA) is 98.4 Å². The SMILES string of the molecule is COC(=O)Cc1cc(=O)[nH]c(S[C@H](C)C(=O)c2ccc(OC(F)F)cc2)n1. The van der Waals surface area contributed by atoms with Gasteiger partial charge in [-0.25, -0.2) is 4.98 Å². The van der Waals surface area contributed by atoms with Gasteiger partial charge in [-0.15, -0.1) is 0 Å². The number of H-pyrrole nitrogens is 1. The Bertz CT molecular complexity index is 870. The molecule has 2 aromatic rings. The Morgan fingerprint density at radius 3 is 2.52 bits per heavy atom. The molecule has 0 amide bonds. The third-order valence-electron chi connectivity index (χ3n) is 3.35. The first-order chi connectivity index (χ1) is 12.8. The number of methoxy groups -OCH3 is 1. The first-order valence-corrected chi connectivity index (χ1v) is 8.59. The van der Waals surface area contributed by atoms with Crippen LogP contribution in [0.1, 0.15) is 23.0 Å². The summed E-state index contributed by atoms with van der Waals surface area (Å²) in [5, 5.41) is -0.441. The van der Waals surface area contributed by atoms with Crippen LogP contribution in [-0.2, 0) is 16.0 Å². The van der Waals surface area contributed by atoms with Gasteiger partial charge in [0.2, 0.25) is 0 Å². The number of Topliss-reactive ketones (excluding diaryl/α,β-unsaturated/α-hetero) is 1. The van der Waals surface area contributed by atoms with Gasteiger partial charge in [0, 0.05) is 11.6 Å². The van der Waals surface area contributed by atoms with Gasteiger partial charge < -0.3 is 14.5 Å². The van der Waals surface area contributed by atoms with Crippen molar-refractivity contribution in [1.29, 1.82) is 0 Å². The minimum atomic E-state index is -2.94. The summed E-state index contributed by atoms with van der Waals surface area (Å²) < 4.78 is 33.1. The predicted octanol–water partition coefficient (Wildman–Crippen LogP) is 2.45. The molecular weight excluding hydrogens is 382 g/mol. The van der Waals surface area contributed by atoms with Crippen molar-refractivity contribution in [3.63, 3.8) is 0 Å². The van der Waals surface area contributed by atoms with Crippen LogP contribution in [-0.4, -0.2) is 40.7 Å². The maximum atomic E-state index is 12.5. The summed E-state index contributed by atoms with van der Waals surface area (Å²) >= 11 is 1.00. The van der Waals surface area contributed by atoms with Crippen molar-refractivity contribution in [1.82, 2.24) is 9.97 Å². The second-order valence-electron chi connectivity index (χ2n) is 5.32. The Hall–Kier alpha value is -2.75. The molecule has 27 heavy (non-hydrogen) atoms. The molecule has 1 aromatic carbocycles. The number of benzene rings is 1. The van der Waals surface area contributed by atoms with Crippen molar-refractivity contribution in [3.05, 3.63) is 51.9 Å². The lowest BCUT2D eigenvalue weighted by Crippen LogP contribution is -2.17. The Labute approximate surface area is 157 Å². The van der Waals surface area contributed by atoms with E-state index in [-0.39, 0.29) is 28.8 Å². The zero-order chi connectivity index (χ0) is 20.0. The van der Waals surface area contributed by atoms with Crippen LogP contribution in [0.3, 0.4) is 0 Å². The summed E-state index contributed by atoms with van der Waals surface area (Å²) in [7, 11) is 1.23. The predicted molar refractivity (Wildman–Crippen MR) is 93.3 cm³/mol. The van der Waals surface area contributed by atoms with E-state index < -0.39 is 23.4 Å². The first-order valence-electron chi connectivity index (χ1n) is 7.71. The van der Waals surface area contributed by atoms with Crippen LogP contribution >= 0.6 is 11.8 Å². The number of ketones is 1. The van der Waals surface area contributed by atoms with Crippen molar-refractivity contribution in [2.75, 3.05) is 7.11 Å². The monoisotopic (exact) mass is 398 g/mol. The Balaban J connectivity index is 2.09. The molecule has 1 heterocycles. The number of nitrogens with zero attached hydrogens (tertiary/aromatic N) is 1. The number of alkyl halides is 2. The fourth-order valence-electron chi connectivity index (χ4n) is 2.11. The molecule has 7 nitrogen and oxygen atoms in total. The molecule has 2 rings (SSSR count). The van der Waals surface area contributed by atoms with Gasteiger partial charge >= 0.3 is 12.6 Å². The van der Waals surface area contributed by atoms with Gasteiger partial charge in [0.25, 0.3) is 5.56 Å². The van der Waals surface area contributed by atoms with Gasteiger partial charge in [0.05, 0.1) is 24.5 Å². The minimum Gasteiger partial charge on any atom is -0.469 e. The van der Waals surface area contributed by atoms with Crippen LogP contribution in [0, 0.1) is 0 Å². The van der Waals surface area contributed by atoms with Crippen molar-refractivity contribution in [2.24, 2.45) is 0 Å². The summed E-state index contributed by atoms with van der Waals surface area (Å²) in [6.45, 7) is -1.33. The van der Waals surface area contributed by atoms with Crippen LogP contribution in [0.15, 0.2) is 40.3 Å². The van der Waals surface area contributed by atoms with Crippen LogP contribution in [0.2, 0.25) is 0 Å². The highest BCUT2D eigenvalue weighted by Crippen LogP contribution is 2.23. The molecular formula is C17H16F2N2O5S. The maximum Gasteiger partial charge on any atom is 0.387 e. The summed E-state index contributed by atoms with van der Waals surface area (Å²) in [5.74, 6) is -0.882. The van der Waals surface area contributed by atoms with Gasteiger partial charge in [-0.2, -0.15) is 8.78 Å². The molecule has 0 bridgehead atoms. The van der Waals surface area contributed by atoms with E-state index in [9.17, 15) is 23.2 Å². The summed E-state index contributed by atoms with van der Waals surface area (Å²) in [6.07, 6.45) is -0.165. The van der Waals surface area contributed by atoms with Crippen LogP contribution in [0.5, 0.6) is 5.75 Å². The number of carbonyl (C=O) groups excluding carboxylic acids is 2. The van der Waals surface area contributed by atoms with E-state index in [1.165, 1.54) is 37.4 Å². The Kier molecular flexibility index (Phi) is 7.05.